The molecule has 1 heterocycles. The van der Waals surface area contributed by atoms with E-state index in [-0.39, 0.29) is 6.10 Å². The highest BCUT2D eigenvalue weighted by atomic mass is 16.5. The van der Waals surface area contributed by atoms with Crippen LogP contribution in [0.25, 0.3) is 0 Å². The summed E-state index contributed by atoms with van der Waals surface area (Å²) in [5, 5.41) is 9.32. The van der Waals surface area contributed by atoms with Gasteiger partial charge in [-0.15, -0.1) is 0 Å². The molecule has 0 aliphatic carbocycles. The van der Waals surface area contributed by atoms with Gasteiger partial charge in [-0.1, -0.05) is 6.92 Å². The molecular formula is C11H22O3. The summed E-state index contributed by atoms with van der Waals surface area (Å²) in [4.78, 5) is 0. The van der Waals surface area contributed by atoms with E-state index in [1.54, 1.807) is 0 Å². The third kappa shape index (κ3) is 4.94. The summed E-state index contributed by atoms with van der Waals surface area (Å²) in [6.45, 7) is 4.45. The zero-order valence-electron chi connectivity index (χ0n) is 9.08. The Hall–Kier alpha value is -0.120. The highest BCUT2D eigenvalue weighted by Gasteiger charge is 2.13. The summed E-state index contributed by atoms with van der Waals surface area (Å²) >= 11 is 0. The first-order valence-corrected chi connectivity index (χ1v) is 5.70. The molecule has 0 aromatic heterocycles. The maximum Gasteiger partial charge on any atom is 0.0619 e. The van der Waals surface area contributed by atoms with Gasteiger partial charge in [-0.05, 0) is 32.1 Å². The fraction of sp³-hybridized carbons (Fsp3) is 1.00. The first kappa shape index (κ1) is 12.0. The van der Waals surface area contributed by atoms with E-state index >= 15 is 0 Å². The molecule has 14 heavy (non-hydrogen) atoms. The Labute approximate surface area is 86.4 Å². The lowest BCUT2D eigenvalue weighted by molar-refractivity contribution is -0.0345. The normalized spacial score (nSPS) is 21.0. The first-order chi connectivity index (χ1) is 6.83. The molecule has 1 unspecified atom stereocenters. The first-order valence-electron chi connectivity index (χ1n) is 5.70. The van der Waals surface area contributed by atoms with Crippen LogP contribution in [-0.4, -0.2) is 37.1 Å². The largest absolute Gasteiger partial charge is 0.393 e. The quantitative estimate of drug-likeness (QED) is 0.667. The molecule has 0 saturated carbocycles. The van der Waals surface area contributed by atoms with Crippen LogP contribution in [-0.2, 0) is 9.47 Å². The van der Waals surface area contributed by atoms with Crippen molar-refractivity contribution in [2.45, 2.75) is 51.2 Å². The Kier molecular flexibility index (Phi) is 6.15. The lowest BCUT2D eigenvalue weighted by Crippen LogP contribution is -2.24. The highest BCUT2D eigenvalue weighted by molar-refractivity contribution is 4.62. The van der Waals surface area contributed by atoms with E-state index in [2.05, 4.69) is 0 Å². The van der Waals surface area contributed by atoms with Crippen LogP contribution < -0.4 is 0 Å². The molecule has 84 valence electrons. The molecule has 1 fully saturated rings. The molecule has 1 atom stereocenters. The molecule has 0 amide bonds. The Morgan fingerprint density at radius 3 is 2.79 bits per heavy atom. The van der Waals surface area contributed by atoms with Gasteiger partial charge in [0.1, 0.15) is 0 Å². The zero-order chi connectivity index (χ0) is 10.2. The average Bonchev–Trinajstić information content (AvgIpc) is 2.25. The standard InChI is InChI=1S/C11H22O3/c1-2-10(12)4-3-7-14-11-5-8-13-9-6-11/h10-12H,2-9H2,1H3. The Morgan fingerprint density at radius 2 is 2.14 bits per heavy atom. The molecule has 3 heteroatoms. The number of aliphatic hydroxyl groups is 1. The van der Waals surface area contributed by atoms with E-state index in [4.69, 9.17) is 9.47 Å². The number of hydrogen-bond donors (Lipinski definition) is 1. The van der Waals surface area contributed by atoms with E-state index in [1.165, 1.54) is 0 Å². The number of ether oxygens (including phenoxy) is 2. The van der Waals surface area contributed by atoms with Gasteiger partial charge in [0.15, 0.2) is 0 Å². The Balaban J connectivity index is 1.92. The summed E-state index contributed by atoms with van der Waals surface area (Å²) in [6.07, 6.45) is 4.96. The third-order valence-corrected chi connectivity index (χ3v) is 2.67. The SMILES string of the molecule is CCC(O)CCCOC1CCOCC1. The van der Waals surface area contributed by atoms with Gasteiger partial charge in [0.2, 0.25) is 0 Å². The van der Waals surface area contributed by atoms with Gasteiger partial charge in [-0.2, -0.15) is 0 Å². The smallest absolute Gasteiger partial charge is 0.0619 e. The molecule has 1 aliphatic heterocycles. The van der Waals surface area contributed by atoms with E-state index in [0.29, 0.717) is 6.10 Å². The lowest BCUT2D eigenvalue weighted by Gasteiger charge is -2.22. The van der Waals surface area contributed by atoms with Crippen LogP contribution in [0.15, 0.2) is 0 Å². The van der Waals surface area contributed by atoms with E-state index in [1.807, 2.05) is 6.92 Å². The predicted molar refractivity (Wildman–Crippen MR) is 55.3 cm³/mol. The minimum atomic E-state index is -0.145. The molecule has 0 spiro atoms. The van der Waals surface area contributed by atoms with Crippen LogP contribution in [0.4, 0.5) is 0 Å². The van der Waals surface area contributed by atoms with Crippen molar-refractivity contribution >= 4 is 0 Å². The van der Waals surface area contributed by atoms with Crippen LogP contribution in [0, 0.1) is 0 Å². The van der Waals surface area contributed by atoms with Gasteiger partial charge in [0, 0.05) is 19.8 Å². The van der Waals surface area contributed by atoms with Crippen LogP contribution in [0.3, 0.4) is 0 Å². The molecule has 0 radical (unpaired) electrons. The predicted octanol–water partition coefficient (Wildman–Crippen LogP) is 1.73. The van der Waals surface area contributed by atoms with Crippen LogP contribution >= 0.6 is 0 Å². The van der Waals surface area contributed by atoms with Crippen molar-refractivity contribution in [1.29, 1.82) is 0 Å². The monoisotopic (exact) mass is 202 g/mol. The van der Waals surface area contributed by atoms with Gasteiger partial charge in [-0.25, -0.2) is 0 Å². The third-order valence-electron chi connectivity index (χ3n) is 2.67. The van der Waals surface area contributed by atoms with E-state index < -0.39 is 0 Å². The van der Waals surface area contributed by atoms with Crippen LogP contribution in [0.1, 0.15) is 39.0 Å². The minimum Gasteiger partial charge on any atom is -0.393 e. The van der Waals surface area contributed by atoms with Crippen molar-refractivity contribution in [3.05, 3.63) is 0 Å². The van der Waals surface area contributed by atoms with Crippen molar-refractivity contribution in [2.75, 3.05) is 19.8 Å². The maximum atomic E-state index is 9.32. The number of aliphatic hydroxyl groups excluding tert-OH is 1. The molecule has 0 aromatic carbocycles. The highest BCUT2D eigenvalue weighted by Crippen LogP contribution is 2.11. The van der Waals surface area contributed by atoms with Gasteiger partial charge in [0.25, 0.3) is 0 Å². The average molecular weight is 202 g/mol. The maximum absolute atomic E-state index is 9.32. The summed E-state index contributed by atoms with van der Waals surface area (Å²) in [6, 6.07) is 0. The molecule has 1 rings (SSSR count). The van der Waals surface area contributed by atoms with Crippen LogP contribution in [0.5, 0.6) is 0 Å². The van der Waals surface area contributed by atoms with Gasteiger partial charge in [0.05, 0.1) is 12.2 Å². The van der Waals surface area contributed by atoms with E-state index in [9.17, 15) is 5.11 Å². The summed E-state index contributed by atoms with van der Waals surface area (Å²) < 4.78 is 10.9. The summed E-state index contributed by atoms with van der Waals surface area (Å²) in [5.41, 5.74) is 0. The fourth-order valence-electron chi connectivity index (χ4n) is 1.62. The molecule has 1 saturated heterocycles. The molecule has 0 aromatic rings. The van der Waals surface area contributed by atoms with Crippen molar-refractivity contribution in [3.63, 3.8) is 0 Å². The second-order valence-electron chi connectivity index (χ2n) is 3.89. The number of rotatable bonds is 6. The Morgan fingerprint density at radius 1 is 1.43 bits per heavy atom. The van der Waals surface area contributed by atoms with Gasteiger partial charge < -0.3 is 14.6 Å². The topological polar surface area (TPSA) is 38.7 Å². The fourth-order valence-corrected chi connectivity index (χ4v) is 1.62. The lowest BCUT2D eigenvalue weighted by atomic mass is 10.1. The van der Waals surface area contributed by atoms with Crippen molar-refractivity contribution in [1.82, 2.24) is 0 Å². The molecule has 3 nitrogen and oxygen atoms in total. The van der Waals surface area contributed by atoms with Crippen molar-refractivity contribution in [3.8, 4) is 0 Å². The summed E-state index contributed by atoms with van der Waals surface area (Å²) in [7, 11) is 0. The van der Waals surface area contributed by atoms with Crippen molar-refractivity contribution in [2.24, 2.45) is 0 Å². The molecule has 1 aliphatic rings. The van der Waals surface area contributed by atoms with Gasteiger partial charge in [-0.3, -0.25) is 0 Å². The molecular weight excluding hydrogens is 180 g/mol. The molecule has 0 bridgehead atoms. The van der Waals surface area contributed by atoms with Crippen LogP contribution in [0.2, 0.25) is 0 Å². The molecule has 1 N–H and O–H groups in total. The Bertz CT molecular complexity index is 132. The van der Waals surface area contributed by atoms with E-state index in [0.717, 1.165) is 51.9 Å². The minimum absolute atomic E-state index is 0.145. The summed E-state index contributed by atoms with van der Waals surface area (Å²) in [5.74, 6) is 0. The second-order valence-corrected chi connectivity index (χ2v) is 3.89. The van der Waals surface area contributed by atoms with Gasteiger partial charge >= 0.3 is 0 Å². The van der Waals surface area contributed by atoms with Crippen molar-refractivity contribution < 1.29 is 14.6 Å². The number of hydrogen-bond acceptors (Lipinski definition) is 3. The zero-order valence-corrected chi connectivity index (χ0v) is 9.08. The second kappa shape index (κ2) is 7.21.